The van der Waals surface area contributed by atoms with Gasteiger partial charge in [0, 0.05) is 5.56 Å². The molecule has 1 unspecified atom stereocenters. The quantitative estimate of drug-likeness (QED) is 0.728. The van der Waals surface area contributed by atoms with E-state index < -0.39 is 11.9 Å². The van der Waals surface area contributed by atoms with Crippen LogP contribution in [0.5, 0.6) is 5.75 Å². The van der Waals surface area contributed by atoms with Gasteiger partial charge >= 0.3 is 5.97 Å². The molecule has 1 heterocycles. The number of carbonyl (C=O) groups is 1. The summed E-state index contributed by atoms with van der Waals surface area (Å²) < 4.78 is 0. The second-order valence-corrected chi connectivity index (χ2v) is 3.27. The summed E-state index contributed by atoms with van der Waals surface area (Å²) in [4.78, 5) is 20.3. The number of fused-ring (bicyclic) bond motifs is 1. The highest BCUT2D eigenvalue weighted by atomic mass is 17.2. The molecule has 1 aliphatic heterocycles. The highest BCUT2D eigenvalue weighted by molar-refractivity contribution is 5.75. The van der Waals surface area contributed by atoms with Gasteiger partial charge in [-0.2, -0.15) is 4.89 Å². The van der Waals surface area contributed by atoms with Gasteiger partial charge < -0.3 is 9.99 Å². The Morgan fingerprint density at radius 2 is 2.36 bits per heavy atom. The molecule has 2 rings (SSSR count). The van der Waals surface area contributed by atoms with Gasteiger partial charge in [0.15, 0.2) is 5.75 Å². The van der Waals surface area contributed by atoms with Crippen molar-refractivity contribution >= 4 is 5.97 Å². The van der Waals surface area contributed by atoms with Crippen molar-refractivity contribution in [2.45, 2.75) is 19.4 Å². The summed E-state index contributed by atoms with van der Waals surface area (Å²) in [7, 11) is 0. The predicted octanol–water partition coefficient (Wildman–Crippen LogP) is 1.70. The van der Waals surface area contributed by atoms with Crippen molar-refractivity contribution in [3.63, 3.8) is 0 Å². The fourth-order valence-corrected chi connectivity index (χ4v) is 1.36. The van der Waals surface area contributed by atoms with Crippen LogP contribution in [0.25, 0.3) is 0 Å². The first-order valence-electron chi connectivity index (χ1n) is 4.33. The largest absolute Gasteiger partial charge is 0.481 e. The van der Waals surface area contributed by atoms with Crippen molar-refractivity contribution in [3.05, 3.63) is 29.3 Å². The lowest BCUT2D eigenvalue weighted by molar-refractivity contribution is -0.194. The monoisotopic (exact) mass is 194 g/mol. The van der Waals surface area contributed by atoms with Crippen LogP contribution >= 0.6 is 0 Å². The Labute approximate surface area is 81.0 Å². The van der Waals surface area contributed by atoms with Crippen molar-refractivity contribution in [1.82, 2.24) is 0 Å². The van der Waals surface area contributed by atoms with E-state index in [9.17, 15) is 4.79 Å². The van der Waals surface area contributed by atoms with Gasteiger partial charge in [-0.3, -0.25) is 4.79 Å². The Balaban J connectivity index is 2.33. The zero-order chi connectivity index (χ0) is 10.1. The third kappa shape index (κ3) is 1.44. The second kappa shape index (κ2) is 3.31. The predicted molar refractivity (Wildman–Crippen MR) is 47.9 cm³/mol. The van der Waals surface area contributed by atoms with Gasteiger partial charge in [0.2, 0.25) is 0 Å². The van der Waals surface area contributed by atoms with Gasteiger partial charge in [0.1, 0.15) is 6.61 Å². The average Bonchev–Trinajstić information content (AvgIpc) is 2.62. The van der Waals surface area contributed by atoms with Crippen molar-refractivity contribution in [2.75, 3.05) is 0 Å². The van der Waals surface area contributed by atoms with Crippen LogP contribution in [-0.4, -0.2) is 11.1 Å². The Hall–Kier alpha value is -1.55. The molecule has 4 nitrogen and oxygen atoms in total. The molecule has 0 aromatic heterocycles. The Morgan fingerprint density at radius 3 is 3.07 bits per heavy atom. The van der Waals surface area contributed by atoms with E-state index in [-0.39, 0.29) is 0 Å². The highest BCUT2D eigenvalue weighted by Crippen LogP contribution is 2.29. The minimum atomic E-state index is -0.829. The summed E-state index contributed by atoms with van der Waals surface area (Å²) in [5.74, 6) is -0.656. The number of aliphatic carboxylic acids is 1. The second-order valence-electron chi connectivity index (χ2n) is 3.27. The smallest absolute Gasteiger partial charge is 0.310 e. The van der Waals surface area contributed by atoms with Crippen LogP contribution in [0.3, 0.4) is 0 Å². The molecule has 4 heteroatoms. The van der Waals surface area contributed by atoms with E-state index in [1.54, 1.807) is 25.1 Å². The topological polar surface area (TPSA) is 55.8 Å². The molecule has 0 saturated carbocycles. The Bertz CT molecular complexity index is 372. The van der Waals surface area contributed by atoms with Crippen molar-refractivity contribution < 1.29 is 19.7 Å². The molecule has 1 aromatic carbocycles. The number of hydrogen-bond donors (Lipinski definition) is 1. The van der Waals surface area contributed by atoms with Gasteiger partial charge in [-0.05, 0) is 24.6 Å². The average molecular weight is 194 g/mol. The first-order chi connectivity index (χ1) is 6.68. The van der Waals surface area contributed by atoms with Crippen molar-refractivity contribution in [2.24, 2.45) is 0 Å². The summed E-state index contributed by atoms with van der Waals surface area (Å²) in [5.41, 5.74) is 1.67. The lowest BCUT2D eigenvalue weighted by Crippen LogP contribution is -2.07. The normalized spacial score (nSPS) is 15.8. The Kier molecular flexibility index (Phi) is 2.13. The molecule has 0 fully saturated rings. The summed E-state index contributed by atoms with van der Waals surface area (Å²) in [5, 5.41) is 8.82. The third-order valence-electron chi connectivity index (χ3n) is 2.32. The number of benzene rings is 1. The molecule has 0 bridgehead atoms. The summed E-state index contributed by atoms with van der Waals surface area (Å²) >= 11 is 0. The minimum Gasteiger partial charge on any atom is -0.481 e. The van der Waals surface area contributed by atoms with Crippen LogP contribution in [0, 0.1) is 0 Å². The fourth-order valence-electron chi connectivity index (χ4n) is 1.36. The van der Waals surface area contributed by atoms with Crippen LogP contribution in [0.2, 0.25) is 0 Å². The molecule has 0 aliphatic carbocycles. The summed E-state index contributed by atoms with van der Waals surface area (Å²) in [6, 6.07) is 5.28. The van der Waals surface area contributed by atoms with Gasteiger partial charge in [0.05, 0.1) is 5.92 Å². The van der Waals surface area contributed by atoms with Gasteiger partial charge in [-0.1, -0.05) is 6.07 Å². The minimum absolute atomic E-state index is 0.384. The maximum Gasteiger partial charge on any atom is 0.310 e. The zero-order valence-corrected chi connectivity index (χ0v) is 7.69. The molecule has 0 radical (unpaired) electrons. The molecule has 0 saturated heterocycles. The molecule has 1 N–H and O–H groups in total. The SMILES string of the molecule is CC(C(=O)O)c1ccc2c(c1)COO2. The standard InChI is InChI=1S/C10H10O4/c1-6(10(11)12)7-2-3-9-8(4-7)5-13-14-9/h2-4,6H,5H2,1H3,(H,11,12). The van der Waals surface area contributed by atoms with Gasteiger partial charge in [-0.15, -0.1) is 0 Å². The summed E-state index contributed by atoms with van der Waals surface area (Å²) in [6.45, 7) is 2.04. The first kappa shape index (κ1) is 9.02. The van der Waals surface area contributed by atoms with E-state index in [4.69, 9.17) is 14.9 Å². The highest BCUT2D eigenvalue weighted by Gasteiger charge is 2.18. The molecule has 0 spiro atoms. The van der Waals surface area contributed by atoms with E-state index in [1.807, 2.05) is 0 Å². The van der Waals surface area contributed by atoms with E-state index in [0.29, 0.717) is 12.4 Å². The maximum atomic E-state index is 10.7. The van der Waals surface area contributed by atoms with Crippen LogP contribution in [0.4, 0.5) is 0 Å². The molecule has 14 heavy (non-hydrogen) atoms. The zero-order valence-electron chi connectivity index (χ0n) is 7.69. The van der Waals surface area contributed by atoms with Crippen LogP contribution in [-0.2, 0) is 16.3 Å². The molecular formula is C10H10O4. The third-order valence-corrected chi connectivity index (χ3v) is 2.32. The molecule has 1 aromatic rings. The first-order valence-corrected chi connectivity index (χ1v) is 4.33. The van der Waals surface area contributed by atoms with Crippen LogP contribution in [0.1, 0.15) is 24.0 Å². The fraction of sp³-hybridized carbons (Fsp3) is 0.300. The number of carboxylic acids is 1. The van der Waals surface area contributed by atoms with E-state index in [1.165, 1.54) is 0 Å². The molecule has 1 aliphatic rings. The van der Waals surface area contributed by atoms with Gasteiger partial charge in [0.25, 0.3) is 0 Å². The summed E-state index contributed by atoms with van der Waals surface area (Å²) in [6.07, 6.45) is 0. The van der Waals surface area contributed by atoms with Crippen LogP contribution < -0.4 is 4.89 Å². The Morgan fingerprint density at radius 1 is 1.57 bits per heavy atom. The maximum absolute atomic E-state index is 10.7. The van der Waals surface area contributed by atoms with Crippen LogP contribution in [0.15, 0.2) is 18.2 Å². The molecular weight excluding hydrogens is 184 g/mol. The number of carboxylic acid groups (broad SMARTS) is 1. The van der Waals surface area contributed by atoms with E-state index in [2.05, 4.69) is 0 Å². The molecule has 74 valence electrons. The van der Waals surface area contributed by atoms with Crippen molar-refractivity contribution in [3.8, 4) is 5.75 Å². The molecule has 1 atom stereocenters. The van der Waals surface area contributed by atoms with Crippen molar-refractivity contribution in [1.29, 1.82) is 0 Å². The number of rotatable bonds is 2. The lowest BCUT2D eigenvalue weighted by atomic mass is 9.99. The molecule has 0 amide bonds. The van der Waals surface area contributed by atoms with Gasteiger partial charge in [-0.25, -0.2) is 0 Å². The van der Waals surface area contributed by atoms with E-state index >= 15 is 0 Å². The number of hydrogen-bond acceptors (Lipinski definition) is 3. The lowest BCUT2D eigenvalue weighted by Gasteiger charge is -2.06. The van der Waals surface area contributed by atoms with E-state index in [0.717, 1.165) is 11.1 Å².